The number of sulfone groups is 1. The van der Waals surface area contributed by atoms with Crippen LogP contribution in [0.3, 0.4) is 0 Å². The second-order valence-electron chi connectivity index (χ2n) is 4.99. The summed E-state index contributed by atoms with van der Waals surface area (Å²) in [7, 11) is -3.51. The van der Waals surface area contributed by atoms with Crippen molar-refractivity contribution in [1.29, 1.82) is 5.26 Å². The molecule has 0 fully saturated rings. The van der Waals surface area contributed by atoms with Gasteiger partial charge in [0.15, 0.2) is 15.6 Å². The van der Waals surface area contributed by atoms with E-state index < -0.39 is 9.84 Å². The van der Waals surface area contributed by atoms with E-state index in [-0.39, 0.29) is 27.6 Å². The number of nitrogens with zero attached hydrogens (tertiary/aromatic N) is 1. The lowest BCUT2D eigenvalue weighted by Crippen LogP contribution is -2.24. The van der Waals surface area contributed by atoms with E-state index in [1.54, 1.807) is 36.4 Å². The summed E-state index contributed by atoms with van der Waals surface area (Å²) in [6.07, 6.45) is 1.54. The monoisotopic (exact) mass is 309 g/mol. The molecular formula is C17H11NO3S. The van der Waals surface area contributed by atoms with Crippen LogP contribution in [0.5, 0.6) is 0 Å². The van der Waals surface area contributed by atoms with Gasteiger partial charge in [0.25, 0.3) is 0 Å². The lowest BCUT2D eigenvalue weighted by molar-refractivity contribution is 0.103. The number of rotatable bonds is 1. The third-order valence-corrected chi connectivity index (χ3v) is 5.18. The van der Waals surface area contributed by atoms with Crippen LogP contribution in [0.25, 0.3) is 6.08 Å². The lowest BCUT2D eigenvalue weighted by atomic mass is 10.0. The number of nitriles is 1. The summed E-state index contributed by atoms with van der Waals surface area (Å²) in [5, 5.41) is 8.90. The number of Topliss-reactive ketones (excluding diaryl/α,β-unsaturated/α-hetero) is 1. The molecule has 0 saturated carbocycles. The highest BCUT2D eigenvalue weighted by molar-refractivity contribution is 7.91. The number of ketones is 1. The molecule has 108 valence electrons. The molecule has 2 aromatic carbocycles. The molecule has 1 heterocycles. The summed E-state index contributed by atoms with van der Waals surface area (Å²) in [4.78, 5) is 12.6. The third kappa shape index (κ3) is 2.45. The first kappa shape index (κ1) is 14.2. The Balaban J connectivity index is 2.12. The molecule has 0 bridgehead atoms. The second kappa shape index (κ2) is 5.24. The van der Waals surface area contributed by atoms with E-state index in [4.69, 9.17) is 5.26 Å². The van der Waals surface area contributed by atoms with Gasteiger partial charge in [0.2, 0.25) is 0 Å². The average Bonchev–Trinajstić information content (AvgIpc) is 2.52. The Labute approximate surface area is 128 Å². The highest BCUT2D eigenvalue weighted by Gasteiger charge is 2.32. The molecule has 2 aromatic rings. The van der Waals surface area contributed by atoms with Crippen molar-refractivity contribution in [2.24, 2.45) is 0 Å². The van der Waals surface area contributed by atoms with Gasteiger partial charge in [-0.1, -0.05) is 24.3 Å². The molecule has 5 heteroatoms. The lowest BCUT2D eigenvalue weighted by Gasteiger charge is -2.17. The standard InChI is InChI=1S/C17H11NO3S/c18-10-13-5-3-4-12(8-13)9-14-11-22(20,21)16-7-2-1-6-15(16)17(14)19/h1-9H,11H2/b14-9+. The summed E-state index contributed by atoms with van der Waals surface area (Å²) in [5.74, 6) is -0.604. The quantitative estimate of drug-likeness (QED) is 0.759. The van der Waals surface area contributed by atoms with Crippen molar-refractivity contribution < 1.29 is 13.2 Å². The fourth-order valence-corrected chi connectivity index (χ4v) is 4.01. The predicted octanol–water partition coefficient (Wildman–Crippen LogP) is 2.61. The van der Waals surface area contributed by atoms with Crippen LogP contribution in [0.2, 0.25) is 0 Å². The third-order valence-electron chi connectivity index (χ3n) is 3.46. The van der Waals surface area contributed by atoms with Crippen LogP contribution in [0.4, 0.5) is 0 Å². The molecule has 0 unspecified atom stereocenters. The topological polar surface area (TPSA) is 75.0 Å². The molecule has 0 spiro atoms. The van der Waals surface area contributed by atoms with Gasteiger partial charge in [0.1, 0.15) is 0 Å². The molecule has 22 heavy (non-hydrogen) atoms. The largest absolute Gasteiger partial charge is 0.289 e. The van der Waals surface area contributed by atoms with E-state index in [1.807, 2.05) is 6.07 Å². The highest BCUT2D eigenvalue weighted by Crippen LogP contribution is 2.28. The molecule has 0 radical (unpaired) electrons. The van der Waals surface area contributed by atoms with Crippen LogP contribution >= 0.6 is 0 Å². The van der Waals surface area contributed by atoms with E-state index in [9.17, 15) is 13.2 Å². The molecule has 0 amide bonds. The van der Waals surface area contributed by atoms with Crippen LogP contribution in [-0.4, -0.2) is 20.0 Å². The molecule has 0 N–H and O–H groups in total. The normalized spacial score (nSPS) is 17.8. The first-order chi connectivity index (χ1) is 10.5. The number of fused-ring (bicyclic) bond motifs is 1. The minimum Gasteiger partial charge on any atom is -0.289 e. The van der Waals surface area contributed by atoms with Crippen molar-refractivity contribution in [3.63, 3.8) is 0 Å². The molecule has 0 aliphatic carbocycles. The smallest absolute Gasteiger partial charge is 0.191 e. The maximum atomic E-state index is 12.5. The first-order valence-corrected chi connectivity index (χ1v) is 8.24. The fourth-order valence-electron chi connectivity index (χ4n) is 2.45. The van der Waals surface area contributed by atoms with E-state index in [1.165, 1.54) is 18.2 Å². The Hall–Kier alpha value is -2.71. The van der Waals surface area contributed by atoms with Crippen molar-refractivity contribution in [3.05, 3.63) is 70.8 Å². The number of benzene rings is 2. The maximum absolute atomic E-state index is 12.5. The number of carbonyl (C=O) groups is 1. The SMILES string of the molecule is N#Cc1cccc(/C=C2\CS(=O)(=O)c3ccccc3C2=O)c1. The molecule has 1 aliphatic heterocycles. The first-order valence-electron chi connectivity index (χ1n) is 6.58. The Morgan fingerprint density at radius 2 is 1.86 bits per heavy atom. The van der Waals surface area contributed by atoms with E-state index in [0.29, 0.717) is 11.1 Å². The van der Waals surface area contributed by atoms with E-state index in [2.05, 4.69) is 0 Å². The van der Waals surface area contributed by atoms with Crippen molar-refractivity contribution in [2.45, 2.75) is 4.90 Å². The van der Waals surface area contributed by atoms with Gasteiger partial charge in [-0.05, 0) is 35.9 Å². The van der Waals surface area contributed by atoms with Crippen molar-refractivity contribution in [2.75, 3.05) is 5.75 Å². The Kier molecular flexibility index (Phi) is 3.39. The van der Waals surface area contributed by atoms with Gasteiger partial charge in [-0.25, -0.2) is 8.42 Å². The van der Waals surface area contributed by atoms with Crippen molar-refractivity contribution in [3.8, 4) is 6.07 Å². The van der Waals surface area contributed by atoms with Crippen LogP contribution in [-0.2, 0) is 9.84 Å². The molecule has 0 atom stereocenters. The van der Waals surface area contributed by atoms with Gasteiger partial charge in [0, 0.05) is 11.1 Å². The van der Waals surface area contributed by atoms with Crippen molar-refractivity contribution >= 4 is 21.7 Å². The summed E-state index contributed by atoms with van der Waals surface area (Å²) in [6.45, 7) is 0. The zero-order valence-corrected chi connectivity index (χ0v) is 12.3. The molecule has 4 nitrogen and oxygen atoms in total. The summed E-state index contributed by atoms with van der Waals surface area (Å²) in [6, 6.07) is 14.9. The molecular weight excluding hydrogens is 298 g/mol. The van der Waals surface area contributed by atoms with Crippen LogP contribution in [0.15, 0.2) is 59.0 Å². The van der Waals surface area contributed by atoms with Gasteiger partial charge in [-0.3, -0.25) is 4.79 Å². The van der Waals surface area contributed by atoms with Gasteiger partial charge < -0.3 is 0 Å². The number of carbonyl (C=O) groups excluding carboxylic acids is 1. The minimum atomic E-state index is -3.51. The molecule has 0 saturated heterocycles. The maximum Gasteiger partial charge on any atom is 0.191 e. The zero-order valence-electron chi connectivity index (χ0n) is 11.5. The molecule has 3 rings (SSSR count). The van der Waals surface area contributed by atoms with Crippen molar-refractivity contribution in [1.82, 2.24) is 0 Å². The number of hydrogen-bond donors (Lipinski definition) is 0. The molecule has 1 aliphatic rings. The predicted molar refractivity (Wildman–Crippen MR) is 82.0 cm³/mol. The van der Waals surface area contributed by atoms with Crippen LogP contribution in [0.1, 0.15) is 21.5 Å². The average molecular weight is 309 g/mol. The van der Waals surface area contributed by atoms with Gasteiger partial charge in [-0.2, -0.15) is 5.26 Å². The summed E-state index contributed by atoms with van der Waals surface area (Å²) >= 11 is 0. The fraction of sp³-hybridized carbons (Fsp3) is 0.0588. The zero-order chi connectivity index (χ0) is 15.7. The number of hydrogen-bond acceptors (Lipinski definition) is 4. The molecule has 0 aromatic heterocycles. The summed E-state index contributed by atoms with van der Waals surface area (Å²) in [5.41, 5.74) is 1.52. The highest BCUT2D eigenvalue weighted by atomic mass is 32.2. The Bertz CT molecular complexity index is 950. The van der Waals surface area contributed by atoms with E-state index >= 15 is 0 Å². The van der Waals surface area contributed by atoms with Crippen LogP contribution < -0.4 is 0 Å². The van der Waals surface area contributed by atoms with Gasteiger partial charge in [0.05, 0.1) is 22.3 Å². The van der Waals surface area contributed by atoms with Gasteiger partial charge >= 0.3 is 0 Å². The Morgan fingerprint density at radius 1 is 1.09 bits per heavy atom. The van der Waals surface area contributed by atoms with E-state index in [0.717, 1.165) is 0 Å². The van der Waals surface area contributed by atoms with Gasteiger partial charge in [-0.15, -0.1) is 0 Å². The Morgan fingerprint density at radius 3 is 2.64 bits per heavy atom. The summed E-state index contributed by atoms with van der Waals surface area (Å²) < 4.78 is 24.6. The van der Waals surface area contributed by atoms with Crippen LogP contribution in [0, 0.1) is 11.3 Å². The minimum absolute atomic E-state index is 0.0860. The second-order valence-corrected chi connectivity index (χ2v) is 6.95.